The Morgan fingerprint density at radius 1 is 1.38 bits per heavy atom. The number of hydrogen-bond donors (Lipinski definition) is 0. The predicted octanol–water partition coefficient (Wildman–Crippen LogP) is 4.03. The minimum absolute atomic E-state index is 0.317. The third-order valence-corrected chi connectivity index (χ3v) is 3.47. The van der Waals surface area contributed by atoms with Crippen molar-refractivity contribution < 1.29 is 4.39 Å². The zero-order chi connectivity index (χ0) is 9.26. The second-order valence-electron chi connectivity index (χ2n) is 3.60. The fourth-order valence-electron chi connectivity index (χ4n) is 1.79. The van der Waals surface area contributed by atoms with Crippen LogP contribution in [0.15, 0.2) is 18.2 Å². The molecule has 0 atom stereocenters. The molecule has 0 nitrogen and oxygen atoms in total. The summed E-state index contributed by atoms with van der Waals surface area (Å²) in [6.45, 7) is -0.317. The smallest absolute Gasteiger partial charge is 0.115 e. The first kappa shape index (κ1) is 9.44. The van der Waals surface area contributed by atoms with Crippen LogP contribution in [0.1, 0.15) is 36.3 Å². The van der Waals surface area contributed by atoms with E-state index in [-0.39, 0.29) is 6.67 Å². The summed E-state index contributed by atoms with van der Waals surface area (Å²) in [4.78, 5) is 0. The standard InChI is InChI=1S/C11H12FI/c12-7-9-4-5-10(13)6-11(9)8-2-1-3-8/h4-6,8H,1-3,7H2. The van der Waals surface area contributed by atoms with Crippen molar-refractivity contribution in [1.82, 2.24) is 0 Å². The Kier molecular flexibility index (Phi) is 2.86. The Bertz CT molecular complexity index is 305. The van der Waals surface area contributed by atoms with Crippen molar-refractivity contribution in [1.29, 1.82) is 0 Å². The van der Waals surface area contributed by atoms with Gasteiger partial charge in [0.2, 0.25) is 0 Å². The molecule has 0 radical (unpaired) electrons. The Balaban J connectivity index is 2.33. The largest absolute Gasteiger partial charge is 0.246 e. The lowest BCUT2D eigenvalue weighted by atomic mass is 9.78. The molecular weight excluding hydrogens is 278 g/mol. The molecule has 2 heteroatoms. The summed E-state index contributed by atoms with van der Waals surface area (Å²) in [5, 5.41) is 0. The first-order valence-corrected chi connectivity index (χ1v) is 5.73. The van der Waals surface area contributed by atoms with E-state index in [0.29, 0.717) is 5.92 Å². The van der Waals surface area contributed by atoms with Gasteiger partial charge in [-0.1, -0.05) is 12.5 Å². The highest BCUT2D eigenvalue weighted by atomic mass is 127. The molecule has 2 rings (SSSR count). The average molecular weight is 290 g/mol. The third-order valence-electron chi connectivity index (χ3n) is 2.80. The van der Waals surface area contributed by atoms with E-state index in [1.807, 2.05) is 12.1 Å². The molecule has 1 aliphatic rings. The lowest BCUT2D eigenvalue weighted by Gasteiger charge is -2.27. The quantitative estimate of drug-likeness (QED) is 0.721. The molecule has 70 valence electrons. The molecule has 0 bridgehead atoms. The Morgan fingerprint density at radius 3 is 2.69 bits per heavy atom. The second-order valence-corrected chi connectivity index (χ2v) is 4.85. The van der Waals surface area contributed by atoms with Crippen LogP contribution in [0.25, 0.3) is 0 Å². The van der Waals surface area contributed by atoms with Crippen LogP contribution in [0.5, 0.6) is 0 Å². The minimum Gasteiger partial charge on any atom is -0.246 e. The maximum absolute atomic E-state index is 12.6. The van der Waals surface area contributed by atoms with Crippen LogP contribution < -0.4 is 0 Å². The van der Waals surface area contributed by atoms with Gasteiger partial charge >= 0.3 is 0 Å². The van der Waals surface area contributed by atoms with Crippen molar-refractivity contribution in [3.05, 3.63) is 32.9 Å². The van der Waals surface area contributed by atoms with E-state index in [2.05, 4.69) is 28.7 Å². The summed E-state index contributed by atoms with van der Waals surface area (Å²) in [6, 6.07) is 6.05. The first-order chi connectivity index (χ1) is 6.31. The monoisotopic (exact) mass is 290 g/mol. The van der Waals surface area contributed by atoms with E-state index < -0.39 is 0 Å². The molecule has 0 spiro atoms. The zero-order valence-electron chi connectivity index (χ0n) is 7.39. The van der Waals surface area contributed by atoms with E-state index in [1.54, 1.807) is 0 Å². The summed E-state index contributed by atoms with van der Waals surface area (Å²) >= 11 is 2.29. The van der Waals surface area contributed by atoms with E-state index in [1.165, 1.54) is 28.4 Å². The van der Waals surface area contributed by atoms with Gasteiger partial charge in [0.25, 0.3) is 0 Å². The molecule has 0 N–H and O–H groups in total. The van der Waals surface area contributed by atoms with Crippen LogP contribution >= 0.6 is 22.6 Å². The van der Waals surface area contributed by atoms with E-state index in [9.17, 15) is 4.39 Å². The van der Waals surface area contributed by atoms with Crippen molar-refractivity contribution in [2.45, 2.75) is 31.9 Å². The van der Waals surface area contributed by atoms with Crippen molar-refractivity contribution in [3.8, 4) is 0 Å². The fraction of sp³-hybridized carbons (Fsp3) is 0.455. The van der Waals surface area contributed by atoms with Crippen LogP contribution in [-0.2, 0) is 6.67 Å². The van der Waals surface area contributed by atoms with Crippen LogP contribution in [0.3, 0.4) is 0 Å². The van der Waals surface area contributed by atoms with Crippen LogP contribution in [-0.4, -0.2) is 0 Å². The highest BCUT2D eigenvalue weighted by Gasteiger charge is 2.21. The predicted molar refractivity (Wildman–Crippen MR) is 60.6 cm³/mol. The Morgan fingerprint density at radius 2 is 2.15 bits per heavy atom. The maximum Gasteiger partial charge on any atom is 0.115 e. The van der Waals surface area contributed by atoms with Gasteiger partial charge in [-0.3, -0.25) is 0 Å². The van der Waals surface area contributed by atoms with Crippen LogP contribution in [0.2, 0.25) is 0 Å². The number of halogens is 2. The molecule has 0 aromatic heterocycles. The summed E-state index contributed by atoms with van der Waals surface area (Å²) in [5.74, 6) is 0.639. The lowest BCUT2D eigenvalue weighted by molar-refractivity contribution is 0.407. The molecule has 1 aliphatic carbocycles. The molecule has 0 saturated heterocycles. The van der Waals surface area contributed by atoms with Gasteiger partial charge in [0, 0.05) is 3.57 Å². The lowest BCUT2D eigenvalue weighted by Crippen LogP contribution is -2.11. The molecule has 13 heavy (non-hydrogen) atoms. The normalized spacial score (nSPS) is 17.1. The van der Waals surface area contributed by atoms with Gasteiger partial charge in [0.15, 0.2) is 0 Å². The third kappa shape index (κ3) is 1.87. The number of alkyl halides is 1. The van der Waals surface area contributed by atoms with Crippen molar-refractivity contribution in [2.24, 2.45) is 0 Å². The van der Waals surface area contributed by atoms with Gasteiger partial charge in [-0.2, -0.15) is 0 Å². The zero-order valence-corrected chi connectivity index (χ0v) is 9.55. The maximum atomic E-state index is 12.6. The average Bonchev–Trinajstić information content (AvgIpc) is 2.02. The molecular formula is C11H12FI. The highest BCUT2D eigenvalue weighted by Crippen LogP contribution is 2.38. The fourth-order valence-corrected chi connectivity index (χ4v) is 2.30. The van der Waals surface area contributed by atoms with Gasteiger partial charge in [0.1, 0.15) is 6.67 Å². The first-order valence-electron chi connectivity index (χ1n) is 4.65. The summed E-state index contributed by atoms with van der Waals surface area (Å²) in [6.07, 6.45) is 3.79. The van der Waals surface area contributed by atoms with Gasteiger partial charge < -0.3 is 0 Å². The molecule has 1 saturated carbocycles. The molecule has 1 aromatic rings. The summed E-state index contributed by atoms with van der Waals surface area (Å²) in [5.41, 5.74) is 2.14. The molecule has 1 aromatic carbocycles. The molecule has 0 aliphatic heterocycles. The van der Waals surface area contributed by atoms with Gasteiger partial charge in [-0.15, -0.1) is 0 Å². The summed E-state index contributed by atoms with van der Waals surface area (Å²) < 4.78 is 13.9. The highest BCUT2D eigenvalue weighted by molar-refractivity contribution is 14.1. The topological polar surface area (TPSA) is 0 Å². The summed E-state index contributed by atoms with van der Waals surface area (Å²) in [7, 11) is 0. The van der Waals surface area contributed by atoms with Gasteiger partial charge in [-0.25, -0.2) is 4.39 Å². The number of benzene rings is 1. The van der Waals surface area contributed by atoms with E-state index in [0.717, 1.165) is 5.56 Å². The Hall–Kier alpha value is -0.120. The van der Waals surface area contributed by atoms with Gasteiger partial charge in [-0.05, 0) is 64.6 Å². The molecule has 0 heterocycles. The van der Waals surface area contributed by atoms with E-state index in [4.69, 9.17) is 0 Å². The molecule has 0 unspecified atom stereocenters. The number of hydrogen-bond acceptors (Lipinski definition) is 0. The van der Waals surface area contributed by atoms with Crippen molar-refractivity contribution >= 4 is 22.6 Å². The van der Waals surface area contributed by atoms with Crippen molar-refractivity contribution in [3.63, 3.8) is 0 Å². The molecule has 1 fully saturated rings. The minimum atomic E-state index is -0.317. The van der Waals surface area contributed by atoms with Crippen molar-refractivity contribution in [2.75, 3.05) is 0 Å². The van der Waals surface area contributed by atoms with Crippen LogP contribution in [0, 0.1) is 3.57 Å². The second kappa shape index (κ2) is 3.95. The number of rotatable bonds is 2. The Labute approximate surface area is 91.7 Å². The van der Waals surface area contributed by atoms with E-state index >= 15 is 0 Å². The van der Waals surface area contributed by atoms with Gasteiger partial charge in [0.05, 0.1) is 0 Å². The molecule has 0 amide bonds. The SMILES string of the molecule is FCc1ccc(I)cc1C1CCC1. The van der Waals surface area contributed by atoms with Crippen LogP contribution in [0.4, 0.5) is 4.39 Å².